The highest BCUT2D eigenvalue weighted by Crippen LogP contribution is 2.47. The fraction of sp³-hybridized carbons (Fsp3) is 0.250. The Morgan fingerprint density at radius 1 is 1.21 bits per heavy atom. The number of carbonyl (C=O) groups excluding carboxylic acids is 2. The third kappa shape index (κ3) is 4.65. The number of thioether (sulfide) groups is 1. The standard InChI is InChI=1S/C20H18ClNO6S/c1-11(23)28-18-19(12-3-6-14(27-2)7-4-12)29-16-9-13(21)5-8-15(16)22(20(18)26)10-17(24)25/h3-9,18-19H,10H2,1-2H3,(H,24,25)/t18-,19+/m1/s1. The number of carboxylic acid groups (broad SMARTS) is 1. The summed E-state index contributed by atoms with van der Waals surface area (Å²) in [6.45, 7) is 0.639. The molecule has 0 radical (unpaired) electrons. The van der Waals surface area contributed by atoms with Gasteiger partial charge in [-0.05, 0) is 35.9 Å². The van der Waals surface area contributed by atoms with Crippen LogP contribution in [0.4, 0.5) is 5.69 Å². The number of methoxy groups -OCH3 is 1. The summed E-state index contributed by atoms with van der Waals surface area (Å²) in [5.74, 6) is -1.80. The number of halogens is 1. The number of benzene rings is 2. The Labute approximate surface area is 176 Å². The van der Waals surface area contributed by atoms with Gasteiger partial charge in [0.15, 0.2) is 6.10 Å². The van der Waals surface area contributed by atoms with Gasteiger partial charge in [0, 0.05) is 16.8 Å². The highest BCUT2D eigenvalue weighted by Gasteiger charge is 2.41. The Morgan fingerprint density at radius 3 is 2.48 bits per heavy atom. The molecular weight excluding hydrogens is 418 g/mol. The maximum absolute atomic E-state index is 13.3. The van der Waals surface area contributed by atoms with Crippen molar-refractivity contribution in [3.63, 3.8) is 0 Å². The molecule has 0 bridgehead atoms. The number of carbonyl (C=O) groups is 3. The molecule has 2 aromatic rings. The summed E-state index contributed by atoms with van der Waals surface area (Å²) < 4.78 is 10.5. The maximum atomic E-state index is 13.3. The molecule has 1 heterocycles. The van der Waals surface area contributed by atoms with Crippen molar-refractivity contribution in [1.29, 1.82) is 0 Å². The molecule has 1 aliphatic heterocycles. The average molecular weight is 436 g/mol. The van der Waals surface area contributed by atoms with E-state index in [0.29, 0.717) is 21.4 Å². The molecule has 1 N–H and O–H groups in total. The highest BCUT2D eigenvalue weighted by molar-refractivity contribution is 7.99. The number of hydrogen-bond acceptors (Lipinski definition) is 6. The van der Waals surface area contributed by atoms with Crippen LogP contribution in [-0.4, -0.2) is 42.7 Å². The molecule has 3 rings (SSSR count). The lowest BCUT2D eigenvalue weighted by Crippen LogP contribution is -2.44. The van der Waals surface area contributed by atoms with E-state index in [-0.39, 0.29) is 0 Å². The lowest BCUT2D eigenvalue weighted by Gasteiger charge is -2.26. The first-order chi connectivity index (χ1) is 13.8. The van der Waals surface area contributed by atoms with E-state index in [4.69, 9.17) is 21.1 Å². The van der Waals surface area contributed by atoms with Gasteiger partial charge >= 0.3 is 11.9 Å². The first kappa shape index (κ1) is 21.0. The van der Waals surface area contributed by atoms with Gasteiger partial charge in [-0.15, -0.1) is 11.8 Å². The summed E-state index contributed by atoms with van der Waals surface area (Å²) >= 11 is 7.42. The van der Waals surface area contributed by atoms with Crippen LogP contribution in [0.1, 0.15) is 17.7 Å². The van der Waals surface area contributed by atoms with E-state index >= 15 is 0 Å². The number of esters is 1. The number of rotatable bonds is 5. The largest absolute Gasteiger partial charge is 0.497 e. The van der Waals surface area contributed by atoms with Gasteiger partial charge in [0.25, 0.3) is 5.91 Å². The molecule has 9 heteroatoms. The smallest absolute Gasteiger partial charge is 0.323 e. The van der Waals surface area contributed by atoms with E-state index in [1.165, 1.54) is 18.7 Å². The van der Waals surface area contributed by atoms with Crippen molar-refractivity contribution < 1.29 is 29.0 Å². The van der Waals surface area contributed by atoms with Gasteiger partial charge in [-0.25, -0.2) is 0 Å². The summed E-state index contributed by atoms with van der Waals surface area (Å²) in [7, 11) is 1.54. The van der Waals surface area contributed by atoms with E-state index in [1.807, 2.05) is 0 Å². The van der Waals surface area contributed by atoms with E-state index in [9.17, 15) is 19.5 Å². The Hall–Kier alpha value is -2.71. The molecule has 0 fully saturated rings. The third-order valence-corrected chi connectivity index (χ3v) is 5.87. The van der Waals surface area contributed by atoms with Crippen molar-refractivity contribution in [1.82, 2.24) is 0 Å². The van der Waals surface area contributed by atoms with Crippen LogP contribution in [0, 0.1) is 0 Å². The van der Waals surface area contributed by atoms with Gasteiger partial charge < -0.3 is 14.6 Å². The molecule has 0 spiro atoms. The van der Waals surface area contributed by atoms with Gasteiger partial charge in [0.05, 0.1) is 18.0 Å². The Kier molecular flexibility index (Phi) is 6.34. The Morgan fingerprint density at radius 2 is 1.90 bits per heavy atom. The lowest BCUT2D eigenvalue weighted by atomic mass is 10.1. The molecule has 152 valence electrons. The van der Waals surface area contributed by atoms with E-state index in [1.54, 1.807) is 49.6 Å². The molecule has 1 aliphatic rings. The summed E-state index contributed by atoms with van der Waals surface area (Å²) in [5, 5.41) is 9.16. The molecular formula is C20H18ClNO6S. The zero-order chi connectivity index (χ0) is 21.1. The molecule has 2 aromatic carbocycles. The molecule has 0 aromatic heterocycles. The van der Waals surface area contributed by atoms with Crippen molar-refractivity contribution in [3.05, 3.63) is 53.1 Å². The number of hydrogen-bond donors (Lipinski definition) is 1. The summed E-state index contributed by atoms with van der Waals surface area (Å²) in [6, 6.07) is 11.9. The van der Waals surface area contributed by atoms with Crippen molar-refractivity contribution in [2.75, 3.05) is 18.6 Å². The van der Waals surface area contributed by atoms with Crippen LogP contribution >= 0.6 is 23.4 Å². The maximum Gasteiger partial charge on any atom is 0.323 e. The van der Waals surface area contributed by atoms with Crippen molar-refractivity contribution in [3.8, 4) is 5.75 Å². The Balaban J connectivity index is 2.14. The van der Waals surface area contributed by atoms with Gasteiger partial charge in [-0.3, -0.25) is 19.3 Å². The monoisotopic (exact) mass is 435 g/mol. The van der Waals surface area contributed by atoms with Crippen molar-refractivity contribution >= 4 is 46.9 Å². The second-order valence-corrected chi connectivity index (χ2v) is 7.89. The van der Waals surface area contributed by atoms with Gasteiger partial charge in [-0.2, -0.15) is 0 Å². The van der Waals surface area contributed by atoms with Crippen LogP contribution < -0.4 is 9.64 Å². The SMILES string of the molecule is COc1ccc([C@@H]2Sc3cc(Cl)ccc3N(CC(=O)O)C(=O)[C@@H]2OC(C)=O)cc1. The lowest BCUT2D eigenvalue weighted by molar-refractivity contribution is -0.153. The van der Waals surface area contributed by atoms with E-state index in [2.05, 4.69) is 0 Å². The van der Waals surface area contributed by atoms with Gasteiger partial charge in [0.2, 0.25) is 0 Å². The highest BCUT2D eigenvalue weighted by atomic mass is 35.5. The molecule has 0 unspecified atom stereocenters. The quantitative estimate of drug-likeness (QED) is 0.718. The average Bonchev–Trinajstić information content (AvgIpc) is 2.77. The number of aliphatic carboxylic acids is 1. The number of carboxylic acids is 1. The van der Waals surface area contributed by atoms with E-state index < -0.39 is 35.7 Å². The number of anilines is 1. The third-order valence-electron chi connectivity index (χ3n) is 4.28. The van der Waals surface area contributed by atoms with Crippen LogP contribution in [0.2, 0.25) is 5.02 Å². The van der Waals surface area contributed by atoms with Crippen LogP contribution in [0.15, 0.2) is 47.4 Å². The van der Waals surface area contributed by atoms with Gasteiger partial charge in [-0.1, -0.05) is 23.7 Å². The van der Waals surface area contributed by atoms with Crippen molar-refractivity contribution in [2.24, 2.45) is 0 Å². The number of amides is 1. The van der Waals surface area contributed by atoms with Crippen LogP contribution in [-0.2, 0) is 19.1 Å². The molecule has 0 saturated carbocycles. The predicted molar refractivity (Wildman–Crippen MR) is 109 cm³/mol. The summed E-state index contributed by atoms with van der Waals surface area (Å²) in [6.07, 6.45) is -1.21. The van der Waals surface area contributed by atoms with Crippen LogP contribution in [0.25, 0.3) is 0 Å². The zero-order valence-electron chi connectivity index (χ0n) is 15.6. The first-order valence-electron chi connectivity index (χ1n) is 8.60. The molecule has 2 atom stereocenters. The summed E-state index contributed by atoms with van der Waals surface area (Å²) in [4.78, 5) is 38.2. The fourth-order valence-electron chi connectivity index (χ4n) is 3.03. The number of ether oxygens (including phenoxy) is 2. The second-order valence-electron chi connectivity index (χ2n) is 6.27. The zero-order valence-corrected chi connectivity index (χ0v) is 17.2. The molecule has 1 amide bonds. The number of nitrogens with zero attached hydrogens (tertiary/aromatic N) is 1. The fourth-order valence-corrected chi connectivity index (χ4v) is 4.62. The normalized spacial score (nSPS) is 18.6. The minimum Gasteiger partial charge on any atom is -0.497 e. The van der Waals surface area contributed by atoms with Crippen LogP contribution in [0.3, 0.4) is 0 Å². The molecule has 29 heavy (non-hydrogen) atoms. The molecule has 0 aliphatic carbocycles. The number of fused-ring (bicyclic) bond motifs is 1. The summed E-state index contributed by atoms with van der Waals surface area (Å²) in [5.41, 5.74) is 1.12. The second kappa shape index (κ2) is 8.75. The van der Waals surface area contributed by atoms with E-state index in [0.717, 1.165) is 10.5 Å². The first-order valence-corrected chi connectivity index (χ1v) is 9.86. The minimum absolute atomic E-state index is 0.403. The Bertz CT molecular complexity index is 948. The molecule has 0 saturated heterocycles. The predicted octanol–water partition coefficient (Wildman–Crippen LogP) is 3.54. The topological polar surface area (TPSA) is 93.1 Å². The van der Waals surface area contributed by atoms with Gasteiger partial charge in [0.1, 0.15) is 12.3 Å². The van der Waals surface area contributed by atoms with Crippen LogP contribution in [0.5, 0.6) is 5.75 Å². The van der Waals surface area contributed by atoms with Crippen molar-refractivity contribution in [2.45, 2.75) is 23.2 Å². The minimum atomic E-state index is -1.21. The molecule has 7 nitrogen and oxygen atoms in total.